The zero-order chi connectivity index (χ0) is 14.6. The Bertz CT molecular complexity index is 449. The van der Waals surface area contributed by atoms with Gasteiger partial charge in [-0.1, -0.05) is 54.6 Å². The fraction of sp³-hybridized carbons (Fsp3) is 0.647. The van der Waals surface area contributed by atoms with E-state index in [0.29, 0.717) is 0 Å². The predicted octanol–water partition coefficient (Wildman–Crippen LogP) is 5.35. The van der Waals surface area contributed by atoms with Gasteiger partial charge in [-0.05, 0) is 31.9 Å². The van der Waals surface area contributed by atoms with Gasteiger partial charge in [0.2, 0.25) is 0 Å². The van der Waals surface area contributed by atoms with Crippen LogP contribution in [0.15, 0.2) is 22.7 Å². The summed E-state index contributed by atoms with van der Waals surface area (Å²) in [5.41, 5.74) is 7.35. The number of fused-ring (bicyclic) bond motifs is 1. The van der Waals surface area contributed by atoms with Gasteiger partial charge >= 0.3 is 0 Å². The lowest BCUT2D eigenvalue weighted by molar-refractivity contribution is 0.0429. The standard InChI is InChI=1S/C17H26BrNO/c1-3-4-5-6-7-10-17(2)12-15(19)14-9-8-13(18)11-16(14)20-17/h8-9,11,15H,3-7,10,12,19H2,1-2H3. The molecular formula is C17H26BrNO. The van der Waals surface area contributed by atoms with Gasteiger partial charge in [0, 0.05) is 22.5 Å². The Morgan fingerprint density at radius 2 is 2.05 bits per heavy atom. The average Bonchev–Trinajstić information content (AvgIpc) is 2.37. The molecule has 1 aromatic rings. The van der Waals surface area contributed by atoms with Gasteiger partial charge in [-0.2, -0.15) is 0 Å². The molecular weight excluding hydrogens is 314 g/mol. The molecule has 2 nitrogen and oxygen atoms in total. The van der Waals surface area contributed by atoms with Crippen molar-refractivity contribution >= 4 is 15.9 Å². The quantitative estimate of drug-likeness (QED) is 0.709. The van der Waals surface area contributed by atoms with Crippen LogP contribution < -0.4 is 10.5 Å². The molecule has 0 bridgehead atoms. The summed E-state index contributed by atoms with van der Waals surface area (Å²) in [5.74, 6) is 0.953. The summed E-state index contributed by atoms with van der Waals surface area (Å²) in [4.78, 5) is 0. The molecule has 0 saturated heterocycles. The van der Waals surface area contributed by atoms with Gasteiger partial charge in [0.1, 0.15) is 11.4 Å². The Labute approximate surface area is 131 Å². The summed E-state index contributed by atoms with van der Waals surface area (Å²) in [7, 11) is 0. The van der Waals surface area contributed by atoms with Crippen LogP contribution in [0.1, 0.15) is 70.4 Å². The molecule has 1 aliphatic heterocycles. The van der Waals surface area contributed by atoms with Gasteiger partial charge in [-0.25, -0.2) is 0 Å². The maximum absolute atomic E-state index is 6.33. The minimum atomic E-state index is -0.112. The van der Waals surface area contributed by atoms with E-state index in [1.165, 1.54) is 32.1 Å². The average molecular weight is 340 g/mol. The molecule has 112 valence electrons. The van der Waals surface area contributed by atoms with Crippen LogP contribution in [0.3, 0.4) is 0 Å². The van der Waals surface area contributed by atoms with Gasteiger partial charge in [0.15, 0.2) is 0 Å². The maximum Gasteiger partial charge on any atom is 0.126 e. The molecule has 0 radical (unpaired) electrons. The molecule has 3 heteroatoms. The van der Waals surface area contributed by atoms with Gasteiger partial charge in [0.05, 0.1) is 0 Å². The Morgan fingerprint density at radius 3 is 2.80 bits per heavy atom. The second-order valence-electron chi connectivity index (χ2n) is 6.21. The van der Waals surface area contributed by atoms with Crippen molar-refractivity contribution in [2.45, 2.75) is 70.4 Å². The molecule has 1 aromatic carbocycles. The van der Waals surface area contributed by atoms with Crippen molar-refractivity contribution in [2.24, 2.45) is 5.73 Å². The number of benzene rings is 1. The highest BCUT2D eigenvalue weighted by Crippen LogP contribution is 2.41. The molecule has 1 aliphatic rings. The third kappa shape index (κ3) is 3.98. The number of nitrogens with two attached hydrogens (primary N) is 1. The first-order valence-corrected chi connectivity index (χ1v) is 8.57. The van der Waals surface area contributed by atoms with Crippen LogP contribution in [0.5, 0.6) is 5.75 Å². The smallest absolute Gasteiger partial charge is 0.126 e. The Balaban J connectivity index is 1.97. The molecule has 1 heterocycles. The lowest BCUT2D eigenvalue weighted by Crippen LogP contribution is -2.40. The second-order valence-corrected chi connectivity index (χ2v) is 7.12. The molecule has 0 amide bonds. The van der Waals surface area contributed by atoms with Crippen LogP contribution in [0.2, 0.25) is 0 Å². The Hall–Kier alpha value is -0.540. The van der Waals surface area contributed by atoms with E-state index in [9.17, 15) is 0 Å². The van der Waals surface area contributed by atoms with Crippen LogP contribution in [-0.4, -0.2) is 5.60 Å². The largest absolute Gasteiger partial charge is 0.487 e. The van der Waals surface area contributed by atoms with Gasteiger partial charge in [-0.15, -0.1) is 0 Å². The van der Waals surface area contributed by atoms with Crippen molar-refractivity contribution in [1.29, 1.82) is 0 Å². The monoisotopic (exact) mass is 339 g/mol. The number of hydrogen-bond donors (Lipinski definition) is 1. The van der Waals surface area contributed by atoms with E-state index in [1.807, 2.05) is 12.1 Å². The molecule has 2 unspecified atom stereocenters. The van der Waals surface area contributed by atoms with Crippen molar-refractivity contribution in [1.82, 2.24) is 0 Å². The first-order chi connectivity index (χ1) is 9.54. The molecule has 2 rings (SSSR count). The SMILES string of the molecule is CCCCCCCC1(C)CC(N)c2ccc(Br)cc2O1. The van der Waals surface area contributed by atoms with Crippen LogP contribution in [0.25, 0.3) is 0 Å². The van der Waals surface area contributed by atoms with Crippen LogP contribution in [0, 0.1) is 0 Å². The summed E-state index contributed by atoms with van der Waals surface area (Å²) in [6.07, 6.45) is 8.50. The number of hydrogen-bond acceptors (Lipinski definition) is 2. The molecule has 0 spiro atoms. The fourth-order valence-corrected chi connectivity index (χ4v) is 3.38. The summed E-state index contributed by atoms with van der Waals surface area (Å²) >= 11 is 3.51. The van der Waals surface area contributed by atoms with E-state index in [2.05, 4.69) is 35.8 Å². The van der Waals surface area contributed by atoms with Crippen LogP contribution in [0.4, 0.5) is 0 Å². The first kappa shape index (κ1) is 15.8. The van der Waals surface area contributed by atoms with Crippen LogP contribution >= 0.6 is 15.9 Å². The number of rotatable bonds is 6. The van der Waals surface area contributed by atoms with E-state index in [-0.39, 0.29) is 11.6 Å². The lowest BCUT2D eigenvalue weighted by Gasteiger charge is -2.39. The van der Waals surface area contributed by atoms with Crippen molar-refractivity contribution in [3.63, 3.8) is 0 Å². The zero-order valence-electron chi connectivity index (χ0n) is 12.6. The van der Waals surface area contributed by atoms with Crippen molar-refractivity contribution in [2.75, 3.05) is 0 Å². The van der Waals surface area contributed by atoms with E-state index < -0.39 is 0 Å². The number of ether oxygens (including phenoxy) is 1. The third-order valence-electron chi connectivity index (χ3n) is 4.19. The topological polar surface area (TPSA) is 35.2 Å². The van der Waals surface area contributed by atoms with E-state index in [1.54, 1.807) is 0 Å². The third-order valence-corrected chi connectivity index (χ3v) is 4.69. The summed E-state index contributed by atoms with van der Waals surface area (Å²) < 4.78 is 7.32. The molecule has 0 fully saturated rings. The van der Waals surface area contributed by atoms with Crippen molar-refractivity contribution in [3.8, 4) is 5.75 Å². The highest BCUT2D eigenvalue weighted by atomic mass is 79.9. The number of unbranched alkanes of at least 4 members (excludes halogenated alkanes) is 4. The summed E-state index contributed by atoms with van der Waals surface area (Å²) in [5, 5.41) is 0. The molecule has 0 aliphatic carbocycles. The Morgan fingerprint density at radius 1 is 1.30 bits per heavy atom. The van der Waals surface area contributed by atoms with Crippen LogP contribution in [-0.2, 0) is 0 Å². The molecule has 2 N–H and O–H groups in total. The summed E-state index contributed by atoms with van der Waals surface area (Å²) in [6, 6.07) is 6.25. The molecule has 2 atom stereocenters. The highest BCUT2D eigenvalue weighted by Gasteiger charge is 2.35. The van der Waals surface area contributed by atoms with Gasteiger partial charge in [-0.3, -0.25) is 0 Å². The van der Waals surface area contributed by atoms with E-state index in [0.717, 1.165) is 28.6 Å². The lowest BCUT2D eigenvalue weighted by atomic mass is 9.85. The van der Waals surface area contributed by atoms with Gasteiger partial charge in [0.25, 0.3) is 0 Å². The first-order valence-electron chi connectivity index (χ1n) is 7.78. The Kier molecular flexibility index (Phi) is 5.50. The van der Waals surface area contributed by atoms with E-state index in [4.69, 9.17) is 10.5 Å². The van der Waals surface area contributed by atoms with Gasteiger partial charge < -0.3 is 10.5 Å². The summed E-state index contributed by atoms with van der Waals surface area (Å²) in [6.45, 7) is 4.45. The minimum Gasteiger partial charge on any atom is -0.487 e. The van der Waals surface area contributed by atoms with Crippen molar-refractivity contribution in [3.05, 3.63) is 28.2 Å². The normalized spacial score (nSPS) is 25.1. The predicted molar refractivity (Wildman–Crippen MR) is 88.1 cm³/mol. The zero-order valence-corrected chi connectivity index (χ0v) is 14.2. The number of halogens is 1. The molecule has 20 heavy (non-hydrogen) atoms. The highest BCUT2D eigenvalue weighted by molar-refractivity contribution is 9.10. The minimum absolute atomic E-state index is 0.0903. The molecule has 0 aromatic heterocycles. The van der Waals surface area contributed by atoms with Crippen molar-refractivity contribution < 1.29 is 4.74 Å². The fourth-order valence-electron chi connectivity index (χ4n) is 3.04. The molecule has 0 saturated carbocycles. The second kappa shape index (κ2) is 6.95. The van der Waals surface area contributed by atoms with E-state index >= 15 is 0 Å². The maximum atomic E-state index is 6.33.